The van der Waals surface area contributed by atoms with E-state index in [2.05, 4.69) is 15.9 Å². The number of hydrogen-bond acceptors (Lipinski definition) is 4. The first-order chi connectivity index (χ1) is 14.1. The van der Waals surface area contributed by atoms with E-state index in [0.717, 1.165) is 5.69 Å². The Morgan fingerprint density at radius 3 is 2.60 bits per heavy atom. The van der Waals surface area contributed by atoms with Gasteiger partial charge in [0.25, 0.3) is 0 Å². The Balaban J connectivity index is 1.60. The highest BCUT2D eigenvalue weighted by Gasteiger charge is 2.34. The molecule has 0 spiro atoms. The molecule has 0 saturated carbocycles. The minimum absolute atomic E-state index is 0.0173. The zero-order valence-electron chi connectivity index (χ0n) is 16.2. The number of benzene rings is 1. The number of fused-ring (bicyclic) bond motifs is 1. The lowest BCUT2D eigenvalue weighted by atomic mass is 9.95. The smallest absolute Gasteiger partial charge is 0.228 e. The Morgan fingerprint density at radius 1 is 1.27 bits per heavy atom. The number of nitrogens with zero attached hydrogens (tertiary/aromatic N) is 3. The number of imidazole rings is 1. The van der Waals surface area contributed by atoms with Crippen LogP contribution in [0, 0.1) is 16.4 Å². The van der Waals surface area contributed by atoms with Gasteiger partial charge < -0.3 is 14.0 Å². The Kier molecular flexibility index (Phi) is 5.65. The van der Waals surface area contributed by atoms with Crippen molar-refractivity contribution in [2.45, 2.75) is 25.3 Å². The van der Waals surface area contributed by atoms with E-state index in [0.29, 0.717) is 23.4 Å². The van der Waals surface area contributed by atoms with Crippen LogP contribution in [0.25, 0.3) is 0 Å². The molecule has 1 amide bonds. The summed E-state index contributed by atoms with van der Waals surface area (Å²) in [7, 11) is -1.31. The minimum Gasteiger partial charge on any atom is -0.340 e. The summed E-state index contributed by atoms with van der Waals surface area (Å²) in [5.74, 6) is -1.88. The zero-order valence-corrected chi connectivity index (χ0v) is 19.4. The lowest BCUT2D eigenvalue weighted by molar-refractivity contribution is -0.130. The molecule has 1 saturated heterocycles. The van der Waals surface area contributed by atoms with Gasteiger partial charge in [-0.2, -0.15) is 0 Å². The van der Waals surface area contributed by atoms with Crippen LogP contribution >= 0.6 is 28.1 Å². The second-order valence-corrected chi connectivity index (χ2v) is 11.2. The average molecular weight is 520 g/mol. The van der Waals surface area contributed by atoms with E-state index in [4.69, 9.17) is 12.2 Å². The molecule has 11 heteroatoms. The van der Waals surface area contributed by atoms with Gasteiger partial charge in [0, 0.05) is 49.6 Å². The molecule has 1 fully saturated rings. The standard InChI is InChI=1S/C19H20BrF2N3O3S2/c1-23-14(9-16(26)24-4-6-30(27,28)7-5-24)15-8-11(10-25(15)19(23)29)17-13(21)3-2-12(20)18(17)22/h2-3,11H,4-10H2,1H3/t11-/m1/s1. The number of carbonyl (C=O) groups excluding carboxylic acids is 1. The maximum atomic E-state index is 14.6. The Labute approximate surface area is 186 Å². The first kappa shape index (κ1) is 21.6. The van der Waals surface area contributed by atoms with Gasteiger partial charge in [0.05, 0.1) is 22.4 Å². The van der Waals surface area contributed by atoms with E-state index in [9.17, 15) is 22.0 Å². The fourth-order valence-corrected chi connectivity index (χ4v) is 6.09. The number of hydrogen-bond donors (Lipinski definition) is 0. The van der Waals surface area contributed by atoms with Crippen LogP contribution in [-0.2, 0) is 41.1 Å². The van der Waals surface area contributed by atoms with E-state index in [1.165, 1.54) is 12.1 Å². The molecule has 0 bridgehead atoms. The van der Waals surface area contributed by atoms with Crippen molar-refractivity contribution in [3.05, 3.63) is 50.0 Å². The van der Waals surface area contributed by atoms with E-state index in [-0.39, 0.29) is 47.0 Å². The molecule has 2 aromatic rings. The van der Waals surface area contributed by atoms with Gasteiger partial charge >= 0.3 is 0 Å². The number of rotatable bonds is 3. The summed E-state index contributed by atoms with van der Waals surface area (Å²) in [6.45, 7) is 0.694. The second-order valence-electron chi connectivity index (χ2n) is 7.71. The minimum atomic E-state index is -3.08. The third-order valence-electron chi connectivity index (χ3n) is 5.93. The second kappa shape index (κ2) is 7.83. The largest absolute Gasteiger partial charge is 0.340 e. The van der Waals surface area contributed by atoms with E-state index < -0.39 is 27.4 Å². The Bertz CT molecular complexity index is 1190. The molecule has 0 N–H and O–H groups in total. The van der Waals surface area contributed by atoms with Crippen LogP contribution in [0.3, 0.4) is 0 Å². The van der Waals surface area contributed by atoms with E-state index in [1.807, 2.05) is 4.57 Å². The first-order valence-electron chi connectivity index (χ1n) is 9.48. The molecule has 162 valence electrons. The molecule has 1 atom stereocenters. The quantitative estimate of drug-likeness (QED) is 0.462. The van der Waals surface area contributed by atoms with Crippen LogP contribution in [0.4, 0.5) is 8.78 Å². The number of halogens is 3. The summed E-state index contributed by atoms with van der Waals surface area (Å²) < 4.78 is 56.5. The summed E-state index contributed by atoms with van der Waals surface area (Å²) in [5.41, 5.74) is 1.52. The summed E-state index contributed by atoms with van der Waals surface area (Å²) >= 11 is 8.61. The molecule has 6 nitrogen and oxygen atoms in total. The number of amides is 1. The Morgan fingerprint density at radius 2 is 1.93 bits per heavy atom. The van der Waals surface area contributed by atoms with E-state index >= 15 is 0 Å². The SMILES string of the molecule is Cn1c(CC(=O)N2CCS(=O)(=O)CC2)c2n(c1=S)C[C@H](c1c(F)ccc(Br)c1F)C2. The molecule has 30 heavy (non-hydrogen) atoms. The molecule has 4 rings (SSSR count). The highest BCUT2D eigenvalue weighted by Crippen LogP contribution is 2.37. The normalized spacial score (nSPS) is 20.4. The highest BCUT2D eigenvalue weighted by molar-refractivity contribution is 9.10. The maximum Gasteiger partial charge on any atom is 0.228 e. The predicted octanol–water partition coefficient (Wildman–Crippen LogP) is 2.74. The molecule has 3 heterocycles. The average Bonchev–Trinajstić information content (AvgIpc) is 3.20. The van der Waals surface area contributed by atoms with Gasteiger partial charge in [-0.25, -0.2) is 17.2 Å². The monoisotopic (exact) mass is 519 g/mol. The number of aromatic nitrogens is 2. The van der Waals surface area contributed by atoms with Gasteiger partial charge in [0.2, 0.25) is 5.91 Å². The molecular weight excluding hydrogens is 500 g/mol. The van der Waals surface area contributed by atoms with Gasteiger partial charge in [0.1, 0.15) is 11.6 Å². The van der Waals surface area contributed by atoms with Gasteiger partial charge in [-0.15, -0.1) is 0 Å². The van der Waals surface area contributed by atoms with Gasteiger partial charge in [-0.3, -0.25) is 4.79 Å². The van der Waals surface area contributed by atoms with Crippen molar-refractivity contribution in [3.63, 3.8) is 0 Å². The lowest BCUT2D eigenvalue weighted by Crippen LogP contribution is -2.44. The molecule has 0 aliphatic carbocycles. The van der Waals surface area contributed by atoms with Crippen LogP contribution in [-0.4, -0.2) is 53.0 Å². The van der Waals surface area contributed by atoms with Crippen LogP contribution < -0.4 is 0 Å². The fourth-order valence-electron chi connectivity index (χ4n) is 4.24. The van der Waals surface area contributed by atoms with Crippen molar-refractivity contribution < 1.29 is 22.0 Å². The zero-order chi connectivity index (χ0) is 21.8. The highest BCUT2D eigenvalue weighted by atomic mass is 79.9. The molecule has 0 unspecified atom stereocenters. The van der Waals surface area contributed by atoms with Crippen LogP contribution in [0.2, 0.25) is 0 Å². The van der Waals surface area contributed by atoms with Crippen molar-refractivity contribution in [2.24, 2.45) is 7.05 Å². The van der Waals surface area contributed by atoms with E-state index in [1.54, 1.807) is 16.5 Å². The van der Waals surface area contributed by atoms with Crippen molar-refractivity contribution in [3.8, 4) is 0 Å². The lowest BCUT2D eigenvalue weighted by Gasteiger charge is -2.27. The summed E-state index contributed by atoms with van der Waals surface area (Å²) in [5, 5.41) is 0. The van der Waals surface area contributed by atoms with Crippen molar-refractivity contribution in [2.75, 3.05) is 24.6 Å². The summed E-state index contributed by atoms with van der Waals surface area (Å²) in [6, 6.07) is 2.57. The van der Waals surface area contributed by atoms with Crippen LogP contribution in [0.5, 0.6) is 0 Å². The maximum absolute atomic E-state index is 14.6. The van der Waals surface area contributed by atoms with Crippen LogP contribution in [0.15, 0.2) is 16.6 Å². The Hall–Kier alpha value is -1.59. The molecule has 0 radical (unpaired) electrons. The van der Waals surface area contributed by atoms with Crippen LogP contribution in [0.1, 0.15) is 22.9 Å². The summed E-state index contributed by atoms with van der Waals surface area (Å²) in [6.07, 6.45) is 0.435. The molecule has 1 aromatic heterocycles. The van der Waals surface area contributed by atoms with Gasteiger partial charge in [0.15, 0.2) is 14.6 Å². The predicted molar refractivity (Wildman–Crippen MR) is 114 cm³/mol. The number of sulfone groups is 1. The molecular formula is C19H20BrF2N3O3S2. The van der Waals surface area contributed by atoms with Crippen molar-refractivity contribution in [1.82, 2.24) is 14.0 Å². The molecule has 2 aliphatic heterocycles. The van der Waals surface area contributed by atoms with Crippen molar-refractivity contribution in [1.29, 1.82) is 0 Å². The fraction of sp³-hybridized carbons (Fsp3) is 0.474. The molecule has 1 aromatic carbocycles. The summed E-state index contributed by atoms with van der Waals surface area (Å²) in [4.78, 5) is 14.3. The van der Waals surface area contributed by atoms with Crippen molar-refractivity contribution >= 4 is 43.9 Å². The first-order valence-corrected chi connectivity index (χ1v) is 12.5. The third-order valence-corrected chi connectivity index (χ3v) is 8.64. The van der Waals surface area contributed by atoms with Gasteiger partial charge in [-0.05, 0) is 46.7 Å². The topological polar surface area (TPSA) is 64.3 Å². The van der Waals surface area contributed by atoms with Gasteiger partial charge in [-0.1, -0.05) is 0 Å². The molecule has 2 aliphatic rings. The third kappa shape index (κ3) is 3.75. The number of carbonyl (C=O) groups is 1.